The van der Waals surface area contributed by atoms with E-state index in [1.807, 2.05) is 0 Å². The lowest BCUT2D eigenvalue weighted by Gasteiger charge is -1.97. The molecule has 0 saturated heterocycles. The van der Waals surface area contributed by atoms with Crippen molar-refractivity contribution >= 4 is 11.0 Å². The molecule has 3 heterocycles. The van der Waals surface area contributed by atoms with Crippen molar-refractivity contribution in [3.05, 3.63) is 47.2 Å². The van der Waals surface area contributed by atoms with Crippen molar-refractivity contribution in [3.8, 4) is 0 Å². The summed E-state index contributed by atoms with van der Waals surface area (Å²) >= 11 is 0. The summed E-state index contributed by atoms with van der Waals surface area (Å²) in [4.78, 5) is 26.1. The second-order valence-corrected chi connectivity index (χ2v) is 3.46. The molecule has 84 valence electrons. The smallest absolute Gasteiger partial charge is 0.279 e. The van der Waals surface area contributed by atoms with Gasteiger partial charge in [-0.25, -0.2) is 15.0 Å². The minimum Gasteiger partial charge on any atom is -0.311 e. The van der Waals surface area contributed by atoms with Gasteiger partial charge in [0.2, 0.25) is 0 Å². The van der Waals surface area contributed by atoms with Crippen LogP contribution in [0.4, 0.5) is 0 Å². The van der Waals surface area contributed by atoms with Gasteiger partial charge in [0, 0.05) is 12.4 Å². The van der Waals surface area contributed by atoms with Crippen LogP contribution in [-0.2, 0) is 6.54 Å². The maximum Gasteiger partial charge on any atom is 0.279 e. The van der Waals surface area contributed by atoms with Gasteiger partial charge in [-0.15, -0.1) is 0 Å². The number of aromatic nitrogens is 6. The van der Waals surface area contributed by atoms with Crippen molar-refractivity contribution in [2.75, 3.05) is 0 Å². The zero-order valence-electron chi connectivity index (χ0n) is 8.74. The highest BCUT2D eigenvalue weighted by atomic mass is 16.1. The van der Waals surface area contributed by atoms with Crippen LogP contribution in [0.1, 0.15) is 5.82 Å². The lowest BCUT2D eigenvalue weighted by molar-refractivity contribution is 0.661. The first-order valence-electron chi connectivity index (χ1n) is 5.00. The van der Waals surface area contributed by atoms with Crippen LogP contribution in [0.2, 0.25) is 0 Å². The van der Waals surface area contributed by atoms with E-state index in [4.69, 9.17) is 0 Å². The van der Waals surface area contributed by atoms with Crippen molar-refractivity contribution in [1.29, 1.82) is 0 Å². The van der Waals surface area contributed by atoms with E-state index < -0.39 is 0 Å². The van der Waals surface area contributed by atoms with E-state index in [1.165, 1.54) is 6.33 Å². The molecular formula is C10H8N6O. The van der Waals surface area contributed by atoms with Crippen LogP contribution in [0.25, 0.3) is 11.0 Å². The number of fused-ring (bicyclic) bond motifs is 1. The summed E-state index contributed by atoms with van der Waals surface area (Å²) in [6, 6.07) is 1.75. The molecule has 0 fully saturated rings. The molecule has 0 aliphatic rings. The topological polar surface area (TPSA) is 89.4 Å². The summed E-state index contributed by atoms with van der Waals surface area (Å²) in [6.07, 6.45) is 6.38. The van der Waals surface area contributed by atoms with E-state index in [9.17, 15) is 4.79 Å². The molecule has 0 atom stereocenters. The molecule has 3 aromatic rings. The van der Waals surface area contributed by atoms with Gasteiger partial charge in [0.25, 0.3) is 5.56 Å². The van der Waals surface area contributed by atoms with Crippen LogP contribution >= 0.6 is 0 Å². The van der Waals surface area contributed by atoms with E-state index in [-0.39, 0.29) is 5.56 Å². The Bertz CT molecular complexity index is 701. The van der Waals surface area contributed by atoms with Gasteiger partial charge in [0.1, 0.15) is 17.9 Å². The SMILES string of the molecule is O=c1[nH]cnc2cn(Cc3ncccn3)nc12. The third kappa shape index (κ3) is 1.78. The second kappa shape index (κ2) is 3.78. The highest BCUT2D eigenvalue weighted by Crippen LogP contribution is 2.03. The summed E-state index contributed by atoms with van der Waals surface area (Å²) in [7, 11) is 0. The van der Waals surface area contributed by atoms with Crippen molar-refractivity contribution in [2.24, 2.45) is 0 Å². The van der Waals surface area contributed by atoms with Crippen molar-refractivity contribution < 1.29 is 0 Å². The van der Waals surface area contributed by atoms with Gasteiger partial charge < -0.3 is 4.98 Å². The number of aromatic amines is 1. The summed E-state index contributed by atoms with van der Waals surface area (Å²) < 4.78 is 1.60. The molecule has 3 aromatic heterocycles. The highest BCUT2D eigenvalue weighted by molar-refractivity contribution is 5.71. The quantitative estimate of drug-likeness (QED) is 0.664. The Morgan fingerprint density at radius 3 is 2.82 bits per heavy atom. The molecule has 0 aliphatic heterocycles. The molecule has 1 N–H and O–H groups in total. The number of nitrogens with zero attached hydrogens (tertiary/aromatic N) is 5. The molecule has 0 amide bonds. The molecule has 0 bridgehead atoms. The average Bonchev–Trinajstić information content (AvgIpc) is 2.74. The third-order valence-corrected chi connectivity index (χ3v) is 2.28. The summed E-state index contributed by atoms with van der Waals surface area (Å²) in [5, 5.41) is 4.14. The van der Waals surface area contributed by atoms with Crippen LogP contribution < -0.4 is 5.56 Å². The van der Waals surface area contributed by atoms with E-state index in [1.54, 1.807) is 29.3 Å². The van der Waals surface area contributed by atoms with Crippen LogP contribution in [0, 0.1) is 0 Å². The van der Waals surface area contributed by atoms with Gasteiger partial charge in [0.05, 0.1) is 12.5 Å². The maximum atomic E-state index is 11.4. The van der Waals surface area contributed by atoms with Crippen molar-refractivity contribution in [1.82, 2.24) is 29.7 Å². The van der Waals surface area contributed by atoms with Crippen molar-refractivity contribution in [3.63, 3.8) is 0 Å². The van der Waals surface area contributed by atoms with Crippen LogP contribution in [0.3, 0.4) is 0 Å². The Hall–Kier alpha value is -2.57. The Morgan fingerprint density at radius 1 is 1.24 bits per heavy atom. The van der Waals surface area contributed by atoms with E-state index in [2.05, 4.69) is 25.0 Å². The number of rotatable bonds is 2. The number of hydrogen-bond donors (Lipinski definition) is 1. The van der Waals surface area contributed by atoms with Gasteiger partial charge in [-0.1, -0.05) is 0 Å². The Kier molecular flexibility index (Phi) is 2.14. The van der Waals surface area contributed by atoms with Crippen LogP contribution in [0.15, 0.2) is 35.8 Å². The largest absolute Gasteiger partial charge is 0.311 e. The maximum absolute atomic E-state index is 11.4. The zero-order chi connectivity index (χ0) is 11.7. The fraction of sp³-hybridized carbons (Fsp3) is 0.100. The van der Waals surface area contributed by atoms with Crippen LogP contribution in [-0.4, -0.2) is 29.7 Å². The summed E-state index contributed by atoms with van der Waals surface area (Å²) in [6.45, 7) is 0.413. The number of H-pyrrole nitrogens is 1. The molecule has 7 nitrogen and oxygen atoms in total. The molecule has 7 heteroatoms. The minimum absolute atomic E-state index is 0.247. The van der Waals surface area contributed by atoms with Gasteiger partial charge >= 0.3 is 0 Å². The van der Waals surface area contributed by atoms with Gasteiger partial charge in [-0.05, 0) is 6.07 Å². The first kappa shape index (κ1) is 9.64. The minimum atomic E-state index is -0.247. The molecule has 17 heavy (non-hydrogen) atoms. The van der Waals surface area contributed by atoms with E-state index in [0.29, 0.717) is 23.4 Å². The van der Waals surface area contributed by atoms with E-state index in [0.717, 1.165) is 0 Å². The lowest BCUT2D eigenvalue weighted by atomic mass is 10.5. The lowest BCUT2D eigenvalue weighted by Crippen LogP contribution is -2.08. The molecule has 0 radical (unpaired) electrons. The average molecular weight is 228 g/mol. The molecular weight excluding hydrogens is 220 g/mol. The van der Waals surface area contributed by atoms with Crippen molar-refractivity contribution in [2.45, 2.75) is 6.54 Å². The fourth-order valence-electron chi connectivity index (χ4n) is 1.53. The van der Waals surface area contributed by atoms with Crippen LogP contribution in [0.5, 0.6) is 0 Å². The van der Waals surface area contributed by atoms with Gasteiger partial charge in [-0.2, -0.15) is 5.10 Å². The standard InChI is InChI=1S/C10H8N6O/c17-10-9-7(13-6-14-10)4-16(15-9)5-8-11-2-1-3-12-8/h1-4,6H,5H2,(H,13,14,17). The fourth-order valence-corrected chi connectivity index (χ4v) is 1.53. The second-order valence-electron chi connectivity index (χ2n) is 3.46. The molecule has 3 rings (SSSR count). The van der Waals surface area contributed by atoms with Gasteiger partial charge in [-0.3, -0.25) is 9.48 Å². The highest BCUT2D eigenvalue weighted by Gasteiger charge is 2.06. The molecule has 0 aromatic carbocycles. The predicted molar refractivity (Wildman–Crippen MR) is 59.3 cm³/mol. The third-order valence-electron chi connectivity index (χ3n) is 2.28. The number of nitrogens with one attached hydrogen (secondary N) is 1. The molecule has 0 spiro atoms. The van der Waals surface area contributed by atoms with Gasteiger partial charge in [0.15, 0.2) is 5.52 Å². The predicted octanol–water partition coefficient (Wildman–Crippen LogP) is -0.0421. The normalized spacial score (nSPS) is 10.8. The zero-order valence-corrected chi connectivity index (χ0v) is 8.74. The summed E-state index contributed by atoms with van der Waals surface area (Å²) in [5.41, 5.74) is 0.635. The number of hydrogen-bond acceptors (Lipinski definition) is 5. The molecule has 0 aliphatic carbocycles. The monoisotopic (exact) mass is 228 g/mol. The molecule has 0 unspecified atom stereocenters. The summed E-state index contributed by atoms with van der Waals surface area (Å²) in [5.74, 6) is 0.636. The Morgan fingerprint density at radius 2 is 2.06 bits per heavy atom. The first-order valence-corrected chi connectivity index (χ1v) is 5.00. The Balaban J connectivity index is 2.02. The molecule has 0 saturated carbocycles. The van der Waals surface area contributed by atoms with E-state index >= 15 is 0 Å². The first-order chi connectivity index (χ1) is 8.33. The Labute approximate surface area is 95.2 Å².